The predicted molar refractivity (Wildman–Crippen MR) is 76.6 cm³/mol. The van der Waals surface area contributed by atoms with Crippen molar-refractivity contribution in [1.82, 2.24) is 4.31 Å². The van der Waals surface area contributed by atoms with Crippen molar-refractivity contribution in [2.24, 2.45) is 10.9 Å². The number of benzene rings is 1. The summed E-state index contributed by atoms with van der Waals surface area (Å²) in [5.41, 5.74) is 5.41. The quantitative estimate of drug-likeness (QED) is 0.365. The first-order chi connectivity index (χ1) is 8.80. The Morgan fingerprint density at radius 2 is 2.05 bits per heavy atom. The Labute approximate surface area is 121 Å². The van der Waals surface area contributed by atoms with Crippen LogP contribution >= 0.6 is 15.9 Å². The van der Waals surface area contributed by atoms with Crippen molar-refractivity contribution in [3.63, 3.8) is 0 Å². The number of hydrogen-bond acceptors (Lipinski definition) is 4. The number of amidine groups is 1. The fourth-order valence-corrected chi connectivity index (χ4v) is 4.09. The lowest BCUT2D eigenvalue weighted by Crippen LogP contribution is -2.42. The first-order valence-corrected chi connectivity index (χ1v) is 7.76. The molecule has 0 aromatic heterocycles. The minimum absolute atomic E-state index is 0.148. The van der Waals surface area contributed by atoms with Crippen LogP contribution < -0.4 is 5.73 Å². The second-order valence-electron chi connectivity index (χ2n) is 4.17. The van der Waals surface area contributed by atoms with E-state index >= 15 is 0 Å². The van der Waals surface area contributed by atoms with Gasteiger partial charge in [0.25, 0.3) is 0 Å². The van der Waals surface area contributed by atoms with E-state index < -0.39 is 10.0 Å². The average molecular weight is 350 g/mol. The molecule has 0 saturated carbocycles. The van der Waals surface area contributed by atoms with Gasteiger partial charge in [0.2, 0.25) is 10.0 Å². The monoisotopic (exact) mass is 349 g/mol. The summed E-state index contributed by atoms with van der Waals surface area (Å²) < 4.78 is 26.7. The number of hydrogen-bond donors (Lipinski definition) is 2. The number of nitrogens with zero attached hydrogens (tertiary/aromatic N) is 2. The molecule has 19 heavy (non-hydrogen) atoms. The Hall–Kier alpha value is -1.12. The summed E-state index contributed by atoms with van der Waals surface area (Å²) in [6, 6.07) is 6.19. The Bertz CT molecular complexity index is 572. The number of halogens is 1. The van der Waals surface area contributed by atoms with Crippen LogP contribution in [0.4, 0.5) is 0 Å². The van der Waals surface area contributed by atoms with E-state index in [0.717, 1.165) is 0 Å². The van der Waals surface area contributed by atoms with Crippen LogP contribution in [0.1, 0.15) is 13.8 Å². The molecule has 0 atom stereocenters. The maximum Gasteiger partial charge on any atom is 0.244 e. The molecule has 106 valence electrons. The Morgan fingerprint density at radius 3 is 2.53 bits per heavy atom. The molecule has 0 spiro atoms. The summed E-state index contributed by atoms with van der Waals surface area (Å²) >= 11 is 3.22. The minimum Gasteiger partial charge on any atom is -0.409 e. The van der Waals surface area contributed by atoms with Gasteiger partial charge in [-0.05, 0) is 41.9 Å². The van der Waals surface area contributed by atoms with Crippen LogP contribution in [0.25, 0.3) is 0 Å². The Kier molecular flexibility index (Phi) is 5.33. The molecular formula is C11H16BrN3O3S. The van der Waals surface area contributed by atoms with Gasteiger partial charge in [0.05, 0.1) is 11.4 Å². The number of nitrogens with two attached hydrogens (primary N) is 1. The third kappa shape index (κ3) is 3.68. The lowest BCUT2D eigenvalue weighted by Gasteiger charge is -2.25. The normalized spacial score (nSPS) is 13.2. The first-order valence-electron chi connectivity index (χ1n) is 5.53. The predicted octanol–water partition coefficient (Wildman–Crippen LogP) is 1.59. The van der Waals surface area contributed by atoms with E-state index in [0.29, 0.717) is 4.47 Å². The van der Waals surface area contributed by atoms with Gasteiger partial charge in [0.1, 0.15) is 0 Å². The summed E-state index contributed by atoms with van der Waals surface area (Å²) in [5, 5.41) is 11.4. The van der Waals surface area contributed by atoms with Gasteiger partial charge in [-0.15, -0.1) is 0 Å². The molecule has 0 aliphatic carbocycles. The molecule has 0 heterocycles. The third-order valence-electron chi connectivity index (χ3n) is 2.45. The van der Waals surface area contributed by atoms with Crippen molar-refractivity contribution < 1.29 is 13.6 Å². The molecule has 0 unspecified atom stereocenters. The molecular weight excluding hydrogens is 334 g/mol. The van der Waals surface area contributed by atoms with Crippen LogP contribution in [-0.2, 0) is 10.0 Å². The van der Waals surface area contributed by atoms with Gasteiger partial charge < -0.3 is 10.9 Å². The van der Waals surface area contributed by atoms with Gasteiger partial charge >= 0.3 is 0 Å². The highest BCUT2D eigenvalue weighted by atomic mass is 79.9. The van der Waals surface area contributed by atoms with E-state index in [1.807, 2.05) is 0 Å². The summed E-state index contributed by atoms with van der Waals surface area (Å²) in [6.07, 6.45) is 0. The highest BCUT2D eigenvalue weighted by Gasteiger charge is 2.29. The second-order valence-corrected chi connectivity index (χ2v) is 6.88. The average Bonchev–Trinajstić information content (AvgIpc) is 2.35. The van der Waals surface area contributed by atoms with Crippen LogP contribution in [0, 0.1) is 0 Å². The van der Waals surface area contributed by atoms with Gasteiger partial charge in [-0.25, -0.2) is 8.42 Å². The Balaban J connectivity index is 3.25. The molecule has 0 amide bonds. The van der Waals surface area contributed by atoms with E-state index in [1.165, 1.54) is 10.4 Å². The molecule has 0 bridgehead atoms. The molecule has 6 nitrogen and oxygen atoms in total. The minimum atomic E-state index is -3.72. The molecule has 0 aliphatic rings. The molecule has 1 aromatic rings. The highest BCUT2D eigenvalue weighted by molar-refractivity contribution is 9.10. The summed E-state index contributed by atoms with van der Waals surface area (Å²) in [7, 11) is -3.72. The maximum atomic E-state index is 12.5. The lowest BCUT2D eigenvalue weighted by molar-refractivity contribution is 0.312. The lowest BCUT2D eigenvalue weighted by atomic mass is 10.4. The molecule has 1 aromatic carbocycles. The molecule has 0 saturated heterocycles. The van der Waals surface area contributed by atoms with E-state index in [1.54, 1.807) is 32.0 Å². The van der Waals surface area contributed by atoms with Crippen LogP contribution in [0.3, 0.4) is 0 Å². The SMILES string of the molecule is CC(C)N(CC(N)=NO)S(=O)(=O)c1ccccc1Br. The summed E-state index contributed by atoms with van der Waals surface area (Å²) in [4.78, 5) is 0.148. The van der Waals surface area contributed by atoms with Gasteiger partial charge in [-0.2, -0.15) is 4.31 Å². The van der Waals surface area contributed by atoms with Crippen molar-refractivity contribution in [1.29, 1.82) is 0 Å². The summed E-state index contributed by atoms with van der Waals surface area (Å²) in [5.74, 6) is -0.163. The maximum absolute atomic E-state index is 12.5. The van der Waals surface area contributed by atoms with Crippen molar-refractivity contribution in [2.45, 2.75) is 24.8 Å². The van der Waals surface area contributed by atoms with Crippen molar-refractivity contribution in [3.05, 3.63) is 28.7 Å². The van der Waals surface area contributed by atoms with Crippen LogP contribution in [-0.4, -0.2) is 36.4 Å². The largest absolute Gasteiger partial charge is 0.409 e. The van der Waals surface area contributed by atoms with E-state index in [4.69, 9.17) is 10.9 Å². The van der Waals surface area contributed by atoms with Crippen molar-refractivity contribution in [2.75, 3.05) is 6.54 Å². The summed E-state index contributed by atoms with van der Waals surface area (Å²) in [6.45, 7) is 3.27. The second kappa shape index (κ2) is 6.36. The zero-order valence-electron chi connectivity index (χ0n) is 10.6. The zero-order chi connectivity index (χ0) is 14.6. The topological polar surface area (TPSA) is 96.0 Å². The molecule has 1 rings (SSSR count). The smallest absolute Gasteiger partial charge is 0.244 e. The van der Waals surface area contributed by atoms with Gasteiger partial charge in [0, 0.05) is 10.5 Å². The van der Waals surface area contributed by atoms with E-state index in [2.05, 4.69) is 21.1 Å². The number of oxime groups is 1. The first kappa shape index (κ1) is 15.9. The van der Waals surface area contributed by atoms with Crippen LogP contribution in [0.5, 0.6) is 0 Å². The molecule has 3 N–H and O–H groups in total. The van der Waals surface area contributed by atoms with Gasteiger partial charge in [0.15, 0.2) is 5.84 Å². The van der Waals surface area contributed by atoms with Gasteiger partial charge in [-0.1, -0.05) is 17.3 Å². The van der Waals surface area contributed by atoms with Crippen molar-refractivity contribution in [3.8, 4) is 0 Å². The molecule has 8 heteroatoms. The standard InChI is InChI=1S/C11H16BrN3O3S/c1-8(2)15(7-11(13)14-16)19(17,18)10-6-4-3-5-9(10)12/h3-6,8,16H,7H2,1-2H3,(H2,13,14). The molecule has 0 aliphatic heterocycles. The van der Waals surface area contributed by atoms with Crippen LogP contribution in [0.2, 0.25) is 0 Å². The number of sulfonamides is 1. The van der Waals surface area contributed by atoms with Crippen molar-refractivity contribution >= 4 is 31.8 Å². The fourth-order valence-electron chi connectivity index (χ4n) is 1.52. The highest BCUT2D eigenvalue weighted by Crippen LogP contribution is 2.25. The van der Waals surface area contributed by atoms with E-state index in [-0.39, 0.29) is 23.3 Å². The molecule has 0 fully saturated rings. The van der Waals surface area contributed by atoms with E-state index in [9.17, 15) is 8.42 Å². The number of rotatable bonds is 5. The Morgan fingerprint density at radius 1 is 1.47 bits per heavy atom. The zero-order valence-corrected chi connectivity index (χ0v) is 13.0. The fraction of sp³-hybridized carbons (Fsp3) is 0.364. The van der Waals surface area contributed by atoms with Crippen LogP contribution in [0.15, 0.2) is 38.8 Å². The molecule has 0 radical (unpaired) electrons. The third-order valence-corrected chi connectivity index (χ3v) is 5.48. The van der Waals surface area contributed by atoms with Gasteiger partial charge in [-0.3, -0.25) is 0 Å².